The highest BCUT2D eigenvalue weighted by Crippen LogP contribution is 2.38. The van der Waals surface area contributed by atoms with Crippen molar-refractivity contribution in [3.05, 3.63) is 33.8 Å². The summed E-state index contributed by atoms with van der Waals surface area (Å²) in [5.41, 5.74) is 5.31. The minimum absolute atomic E-state index is 0.0118. The lowest BCUT2D eigenvalue weighted by atomic mass is 9.74. The Kier molecular flexibility index (Phi) is 2.93. The molecule has 1 saturated carbocycles. The Labute approximate surface area is 98.4 Å². The first kappa shape index (κ1) is 11.2. The predicted molar refractivity (Wildman–Crippen MR) is 61.2 cm³/mol. The standard InChI is InChI=1S/C11H12Cl2FN/c12-9-2-1-7(3-10(9)13)4-11(14)5-8(15)6-11/h1-3,8H,4-6,15H2. The van der Waals surface area contributed by atoms with Gasteiger partial charge in [-0.05, 0) is 30.5 Å². The van der Waals surface area contributed by atoms with Crippen LogP contribution in [0.5, 0.6) is 0 Å². The summed E-state index contributed by atoms with van der Waals surface area (Å²) in [6.07, 6.45) is 1.25. The molecule has 1 nitrogen and oxygen atoms in total. The molecule has 4 heteroatoms. The van der Waals surface area contributed by atoms with Gasteiger partial charge in [0.2, 0.25) is 0 Å². The van der Waals surface area contributed by atoms with Crippen molar-refractivity contribution in [3.63, 3.8) is 0 Å². The summed E-state index contributed by atoms with van der Waals surface area (Å²) >= 11 is 11.6. The van der Waals surface area contributed by atoms with Gasteiger partial charge in [0.1, 0.15) is 5.67 Å². The van der Waals surface area contributed by atoms with Crippen molar-refractivity contribution in [3.8, 4) is 0 Å². The van der Waals surface area contributed by atoms with Crippen LogP contribution in [0.2, 0.25) is 10.0 Å². The molecule has 1 fully saturated rings. The monoisotopic (exact) mass is 247 g/mol. The van der Waals surface area contributed by atoms with E-state index in [9.17, 15) is 4.39 Å². The van der Waals surface area contributed by atoms with Gasteiger partial charge in [-0.1, -0.05) is 29.3 Å². The van der Waals surface area contributed by atoms with Crippen molar-refractivity contribution in [2.45, 2.75) is 31.0 Å². The van der Waals surface area contributed by atoms with Crippen molar-refractivity contribution in [1.29, 1.82) is 0 Å². The van der Waals surface area contributed by atoms with Crippen LogP contribution in [0.15, 0.2) is 18.2 Å². The summed E-state index contributed by atoms with van der Waals surface area (Å²) in [6.45, 7) is 0. The highest BCUT2D eigenvalue weighted by atomic mass is 35.5. The number of rotatable bonds is 2. The lowest BCUT2D eigenvalue weighted by molar-refractivity contribution is 0.0444. The van der Waals surface area contributed by atoms with E-state index in [4.69, 9.17) is 28.9 Å². The number of benzene rings is 1. The van der Waals surface area contributed by atoms with E-state index in [2.05, 4.69) is 0 Å². The molecule has 0 aliphatic heterocycles. The van der Waals surface area contributed by atoms with Crippen LogP contribution in [-0.2, 0) is 6.42 Å². The van der Waals surface area contributed by atoms with E-state index in [1.165, 1.54) is 0 Å². The number of hydrogen-bond acceptors (Lipinski definition) is 1. The number of halogens is 3. The quantitative estimate of drug-likeness (QED) is 0.853. The fourth-order valence-corrected chi connectivity index (χ4v) is 2.36. The molecule has 0 bridgehead atoms. The largest absolute Gasteiger partial charge is 0.327 e. The molecule has 0 amide bonds. The summed E-state index contributed by atoms with van der Waals surface area (Å²) in [5, 5.41) is 0.972. The number of nitrogens with two attached hydrogens (primary N) is 1. The number of hydrogen-bond donors (Lipinski definition) is 1. The van der Waals surface area contributed by atoms with E-state index < -0.39 is 5.67 Å². The first-order valence-corrected chi connectivity index (χ1v) is 5.62. The maximum absolute atomic E-state index is 13.9. The van der Waals surface area contributed by atoms with Crippen LogP contribution in [0.25, 0.3) is 0 Å². The Bertz CT molecular complexity index is 375. The molecule has 0 saturated heterocycles. The first-order chi connectivity index (χ1) is 6.98. The molecule has 1 aromatic rings. The third-order valence-electron chi connectivity index (χ3n) is 2.76. The Balaban J connectivity index is 2.08. The summed E-state index contributed by atoms with van der Waals surface area (Å²) < 4.78 is 13.9. The molecule has 0 unspecified atom stereocenters. The second kappa shape index (κ2) is 3.93. The molecule has 2 N–H and O–H groups in total. The summed E-state index contributed by atoms with van der Waals surface area (Å²) in [5.74, 6) is 0. The summed E-state index contributed by atoms with van der Waals surface area (Å²) in [6, 6.07) is 5.23. The average Bonchev–Trinajstić information content (AvgIpc) is 2.09. The maximum Gasteiger partial charge on any atom is 0.118 e. The van der Waals surface area contributed by atoms with Gasteiger partial charge < -0.3 is 5.73 Å². The maximum atomic E-state index is 13.9. The molecule has 0 aromatic heterocycles. The minimum atomic E-state index is -1.14. The lowest BCUT2D eigenvalue weighted by Crippen LogP contribution is -2.49. The second-order valence-electron chi connectivity index (χ2n) is 4.24. The van der Waals surface area contributed by atoms with E-state index >= 15 is 0 Å². The van der Waals surface area contributed by atoms with Crippen LogP contribution in [-0.4, -0.2) is 11.7 Å². The molecule has 2 rings (SSSR count). The SMILES string of the molecule is NC1CC(F)(Cc2ccc(Cl)c(Cl)c2)C1. The molecule has 0 heterocycles. The van der Waals surface area contributed by atoms with Gasteiger partial charge in [0.25, 0.3) is 0 Å². The van der Waals surface area contributed by atoms with Gasteiger partial charge >= 0.3 is 0 Å². The second-order valence-corrected chi connectivity index (χ2v) is 5.06. The van der Waals surface area contributed by atoms with Gasteiger partial charge in [0, 0.05) is 12.5 Å². The predicted octanol–water partition coefficient (Wildman–Crippen LogP) is 3.37. The smallest absolute Gasteiger partial charge is 0.118 e. The van der Waals surface area contributed by atoms with Crippen molar-refractivity contribution < 1.29 is 4.39 Å². The van der Waals surface area contributed by atoms with Gasteiger partial charge in [-0.2, -0.15) is 0 Å². The Morgan fingerprint density at radius 2 is 2.00 bits per heavy atom. The molecule has 0 atom stereocenters. The van der Waals surface area contributed by atoms with Crippen LogP contribution in [0, 0.1) is 0 Å². The van der Waals surface area contributed by atoms with Crippen LogP contribution in [0.3, 0.4) is 0 Å². The molecule has 0 radical (unpaired) electrons. The van der Waals surface area contributed by atoms with E-state index in [0.717, 1.165) is 5.56 Å². The highest BCUT2D eigenvalue weighted by Gasteiger charge is 2.42. The third-order valence-corrected chi connectivity index (χ3v) is 3.50. The molecule has 82 valence electrons. The van der Waals surface area contributed by atoms with Crippen LogP contribution >= 0.6 is 23.2 Å². The van der Waals surface area contributed by atoms with E-state index in [1.807, 2.05) is 0 Å². The third kappa shape index (κ3) is 2.44. The molecular weight excluding hydrogens is 236 g/mol. The fourth-order valence-electron chi connectivity index (χ4n) is 2.04. The van der Waals surface area contributed by atoms with Crippen molar-refractivity contribution >= 4 is 23.2 Å². The van der Waals surface area contributed by atoms with Gasteiger partial charge in [-0.25, -0.2) is 4.39 Å². The van der Waals surface area contributed by atoms with Crippen LogP contribution < -0.4 is 5.73 Å². The van der Waals surface area contributed by atoms with Crippen LogP contribution in [0.1, 0.15) is 18.4 Å². The van der Waals surface area contributed by atoms with E-state index in [0.29, 0.717) is 29.3 Å². The fraction of sp³-hybridized carbons (Fsp3) is 0.455. The zero-order valence-electron chi connectivity index (χ0n) is 8.14. The van der Waals surface area contributed by atoms with Crippen molar-refractivity contribution in [1.82, 2.24) is 0 Å². The van der Waals surface area contributed by atoms with Crippen molar-refractivity contribution in [2.75, 3.05) is 0 Å². The van der Waals surface area contributed by atoms with Gasteiger partial charge in [-0.3, -0.25) is 0 Å². The van der Waals surface area contributed by atoms with E-state index in [1.54, 1.807) is 18.2 Å². The topological polar surface area (TPSA) is 26.0 Å². The van der Waals surface area contributed by atoms with Crippen molar-refractivity contribution in [2.24, 2.45) is 5.73 Å². The molecular formula is C11H12Cl2FN. The molecule has 1 aromatic carbocycles. The number of alkyl halides is 1. The zero-order chi connectivity index (χ0) is 11.1. The Hall–Kier alpha value is -0.310. The first-order valence-electron chi connectivity index (χ1n) is 4.87. The Morgan fingerprint density at radius 1 is 1.33 bits per heavy atom. The minimum Gasteiger partial charge on any atom is -0.327 e. The van der Waals surface area contributed by atoms with E-state index in [-0.39, 0.29) is 6.04 Å². The van der Waals surface area contributed by atoms with Gasteiger partial charge in [0.05, 0.1) is 10.0 Å². The molecule has 15 heavy (non-hydrogen) atoms. The highest BCUT2D eigenvalue weighted by molar-refractivity contribution is 6.42. The molecule has 1 aliphatic rings. The lowest BCUT2D eigenvalue weighted by Gasteiger charge is -2.39. The summed E-state index contributed by atoms with van der Waals surface area (Å²) in [7, 11) is 0. The Morgan fingerprint density at radius 3 is 2.53 bits per heavy atom. The molecule has 0 spiro atoms. The van der Waals surface area contributed by atoms with Crippen LogP contribution in [0.4, 0.5) is 4.39 Å². The summed E-state index contributed by atoms with van der Waals surface area (Å²) in [4.78, 5) is 0. The van der Waals surface area contributed by atoms with Gasteiger partial charge in [0.15, 0.2) is 0 Å². The van der Waals surface area contributed by atoms with Gasteiger partial charge in [-0.15, -0.1) is 0 Å². The molecule has 1 aliphatic carbocycles. The zero-order valence-corrected chi connectivity index (χ0v) is 9.65. The average molecular weight is 248 g/mol. The normalized spacial score (nSPS) is 30.0.